The molecule has 0 radical (unpaired) electrons. The third-order valence-electron chi connectivity index (χ3n) is 11.1. The molecule has 7 unspecified atom stereocenters. The van der Waals surface area contributed by atoms with Gasteiger partial charge < -0.3 is 5.32 Å². The zero-order valence-corrected chi connectivity index (χ0v) is 38.2. The summed E-state index contributed by atoms with van der Waals surface area (Å²) in [5, 5.41) is 8.13. The third-order valence-corrected chi connectivity index (χ3v) is 12.6. The summed E-state index contributed by atoms with van der Waals surface area (Å²) in [5.41, 5.74) is 1.93. The molecule has 3 fully saturated rings. The molecule has 280 valence electrons. The number of piperidine rings is 2. The summed E-state index contributed by atoms with van der Waals surface area (Å²) >= 11 is 0.369. The molecule has 1 aliphatic carbocycles. The van der Waals surface area contributed by atoms with Crippen LogP contribution in [-0.2, 0) is 19.0 Å². The van der Waals surface area contributed by atoms with Gasteiger partial charge in [0.2, 0.25) is 0 Å². The van der Waals surface area contributed by atoms with Crippen molar-refractivity contribution >= 4 is 73.5 Å². The van der Waals surface area contributed by atoms with E-state index in [4.69, 9.17) is 14.3 Å². The standard InChI is InChI=1S/C27H39N5O5P2.C11H22.Tl/c1-15(11-16(2)25(33)31-38)23(30-36-14-17(3)27(35)37-39)24-26(34)32(22-10-5-4-9-21(22)29-24)20-12-18-7-6-8-19(13-20)28-18;1-3-11-8-4-6-10(2)7-5-9-11;/h4-5,9-10,15-20,28H,6-8,11-14,38-39H2,1-3H3,(H,31,33);10-11H,3-9H2,1-2H3;/q;;+1/p-1/b30-23+;;. The van der Waals surface area contributed by atoms with E-state index in [1.165, 1.54) is 51.4 Å². The Morgan fingerprint density at radius 2 is 1.65 bits per heavy atom. The van der Waals surface area contributed by atoms with Crippen molar-refractivity contribution in [3.05, 3.63) is 40.3 Å². The molecule has 5 rings (SSSR count). The Morgan fingerprint density at radius 1 is 1.02 bits per heavy atom. The molecule has 1 amide bonds. The van der Waals surface area contributed by atoms with Crippen LogP contribution in [-0.4, -0.2) is 74.4 Å². The molecule has 2 aromatic rings. The first kappa shape index (κ1) is 42.3. The van der Waals surface area contributed by atoms with E-state index in [-0.39, 0.29) is 41.6 Å². The second-order valence-corrected chi connectivity index (χ2v) is 20.6. The van der Waals surface area contributed by atoms with Crippen LogP contribution in [0, 0.1) is 29.6 Å². The van der Waals surface area contributed by atoms with E-state index in [2.05, 4.69) is 33.7 Å². The number of carbonyl (C=O) groups excluding carboxylic acids is 2. The summed E-state index contributed by atoms with van der Waals surface area (Å²) in [6.07, 6.45) is 16.0. The maximum absolute atomic E-state index is 14.3. The number of nitrogens with zero attached hydrogens (tertiary/aromatic N) is 4. The number of oxime groups is 1. The van der Waals surface area contributed by atoms with Crippen molar-refractivity contribution in [2.45, 2.75) is 136 Å². The average molecular weight is 933 g/mol. The topological polar surface area (TPSA) is 115 Å². The number of hydrogen-bond acceptors (Lipinski definition) is 8. The molecule has 2 bridgehead atoms. The van der Waals surface area contributed by atoms with Gasteiger partial charge in [0.15, 0.2) is 0 Å². The van der Waals surface area contributed by atoms with Gasteiger partial charge in [0.05, 0.1) is 9.47 Å². The second-order valence-electron chi connectivity index (χ2n) is 15.4. The maximum atomic E-state index is 14.3. The molecule has 1 saturated carbocycles. The van der Waals surface area contributed by atoms with Crippen molar-refractivity contribution in [3.8, 4) is 0 Å². The number of nitrogens with one attached hydrogen (secondary N) is 1. The van der Waals surface area contributed by atoms with Gasteiger partial charge in [-0.05, 0) is 24.7 Å². The SMILES string of the molecule is CC(CO/N=C(/c1nc2ccccc2n(C2CC3CCCC(C2)N3)c1=O)C(C)CC(C)C(=O)[N](P)[Tl])C(=O)OP.CCC1CCCC(C)CCC1. The fourth-order valence-electron chi connectivity index (χ4n) is 8.10. The molecule has 1 aromatic carbocycles. The summed E-state index contributed by atoms with van der Waals surface area (Å²) in [4.78, 5) is 49.4. The van der Waals surface area contributed by atoms with E-state index in [1.54, 1.807) is 9.40 Å². The van der Waals surface area contributed by atoms with Crippen molar-refractivity contribution in [2.75, 3.05) is 6.61 Å². The van der Waals surface area contributed by atoms with E-state index in [9.17, 15) is 14.4 Å². The van der Waals surface area contributed by atoms with Crippen LogP contribution >= 0.6 is 18.9 Å². The van der Waals surface area contributed by atoms with Crippen LogP contribution in [0.1, 0.15) is 130 Å². The molecule has 13 heteroatoms. The van der Waals surface area contributed by atoms with Gasteiger partial charge in [0, 0.05) is 0 Å². The summed E-state index contributed by atoms with van der Waals surface area (Å²) in [5.74, 6) is 0.523. The van der Waals surface area contributed by atoms with Crippen molar-refractivity contribution < 1.29 is 19.0 Å². The van der Waals surface area contributed by atoms with Gasteiger partial charge in [-0.25, -0.2) is 0 Å². The third kappa shape index (κ3) is 12.0. The van der Waals surface area contributed by atoms with Gasteiger partial charge in [-0.3, -0.25) is 0 Å². The normalized spacial score (nSPS) is 25.6. The number of amides is 1. The van der Waals surface area contributed by atoms with Gasteiger partial charge >= 0.3 is 223 Å². The monoisotopic (exact) mass is 933 g/mol. The molecule has 1 aromatic heterocycles. The number of para-hydroxylation sites is 2. The van der Waals surface area contributed by atoms with Gasteiger partial charge in [0.25, 0.3) is 0 Å². The van der Waals surface area contributed by atoms with Crippen molar-refractivity contribution in [3.63, 3.8) is 0 Å². The Balaban J connectivity index is 0.000000452. The van der Waals surface area contributed by atoms with Gasteiger partial charge in [-0.15, -0.1) is 0 Å². The number of aromatic nitrogens is 2. The first-order chi connectivity index (χ1) is 24.4. The summed E-state index contributed by atoms with van der Waals surface area (Å²) in [6, 6.07) is 8.56. The van der Waals surface area contributed by atoms with Crippen molar-refractivity contribution in [2.24, 2.45) is 34.7 Å². The predicted molar refractivity (Wildman–Crippen MR) is 212 cm³/mol. The Bertz CT molecular complexity index is 1520. The molecule has 3 heterocycles. The first-order valence-electron chi connectivity index (χ1n) is 19.1. The van der Waals surface area contributed by atoms with Crippen LogP contribution in [0.2, 0.25) is 0 Å². The van der Waals surface area contributed by atoms with Crippen LogP contribution in [0.25, 0.3) is 11.0 Å². The smallest absolute Gasteiger partial charge is 0.0651 e. The number of hydrogen-bond donors (Lipinski definition) is 1. The fourth-order valence-corrected chi connectivity index (χ4v) is 9.58. The quantitative estimate of drug-likeness (QED) is 0.109. The molecule has 2 aliphatic heterocycles. The zero-order chi connectivity index (χ0) is 37.1. The minimum absolute atomic E-state index is 0.0155. The molecular formula is C38H60N5O5P2Tl. The number of fused-ring (bicyclic) bond motifs is 3. The Morgan fingerprint density at radius 3 is 2.25 bits per heavy atom. The number of rotatable bonds is 11. The van der Waals surface area contributed by atoms with Crippen molar-refractivity contribution in [1.82, 2.24) is 17.3 Å². The van der Waals surface area contributed by atoms with Crippen molar-refractivity contribution in [1.29, 1.82) is 0 Å². The predicted octanol–water partition coefficient (Wildman–Crippen LogP) is 7.30. The molecule has 51 heavy (non-hydrogen) atoms. The summed E-state index contributed by atoms with van der Waals surface area (Å²) in [6.45, 7) is 10.2. The molecule has 7 atom stereocenters. The second kappa shape index (κ2) is 20.8. The summed E-state index contributed by atoms with van der Waals surface area (Å²) in [7, 11) is 4.41. The van der Waals surface area contributed by atoms with Crippen LogP contribution in [0.15, 0.2) is 34.2 Å². The average Bonchev–Trinajstić information content (AvgIpc) is 3.10. The van der Waals surface area contributed by atoms with Crippen LogP contribution in [0.3, 0.4) is 0 Å². The van der Waals surface area contributed by atoms with Crippen LogP contribution < -0.4 is 10.9 Å². The van der Waals surface area contributed by atoms with E-state index in [1.807, 2.05) is 52.1 Å². The zero-order valence-electron chi connectivity index (χ0n) is 31.4. The van der Waals surface area contributed by atoms with E-state index in [0.717, 1.165) is 43.0 Å². The van der Waals surface area contributed by atoms with Crippen LogP contribution in [0.5, 0.6) is 0 Å². The Hall–Kier alpha value is -1.49. The van der Waals surface area contributed by atoms with Gasteiger partial charge in [-0.2, -0.15) is 0 Å². The number of carbonyl (C=O) groups is 2. The van der Waals surface area contributed by atoms with E-state index < -0.39 is 11.9 Å². The van der Waals surface area contributed by atoms with Crippen LogP contribution in [0.4, 0.5) is 0 Å². The molecule has 0 spiro atoms. The molecule has 10 nitrogen and oxygen atoms in total. The molecule has 3 aliphatic rings. The molecule has 1 N–H and O–H groups in total. The van der Waals surface area contributed by atoms with E-state index in [0.29, 0.717) is 55.8 Å². The first-order valence-corrected chi connectivity index (χ1v) is 22.1. The minimum Gasteiger partial charge on any atom is -0.0651 e. The minimum atomic E-state index is -0.551. The molecular weight excluding hydrogens is 873 g/mol. The Kier molecular flexibility index (Phi) is 17.3. The fraction of sp³-hybridized carbons (Fsp3) is 0.711. The number of benzene rings is 1. The van der Waals surface area contributed by atoms with Gasteiger partial charge in [-0.1, -0.05) is 65.2 Å². The molecule has 2 saturated heterocycles. The summed E-state index contributed by atoms with van der Waals surface area (Å²) < 4.78 is 8.29. The Labute approximate surface area is 326 Å². The van der Waals surface area contributed by atoms with E-state index >= 15 is 0 Å². The van der Waals surface area contributed by atoms with Gasteiger partial charge in [0.1, 0.15) is 0 Å².